The molecule has 1 atom stereocenters. The lowest BCUT2D eigenvalue weighted by molar-refractivity contribution is 0.467. The van der Waals surface area contributed by atoms with E-state index < -0.39 is 0 Å². The Balaban J connectivity index is 2.52. The fourth-order valence-corrected chi connectivity index (χ4v) is 2.34. The highest BCUT2D eigenvalue weighted by atomic mass is 127. The third-order valence-corrected chi connectivity index (χ3v) is 3.43. The molecule has 0 saturated carbocycles. The molecular formula is C10H12INO. The number of phenols is 1. The summed E-state index contributed by atoms with van der Waals surface area (Å²) in [5, 5.41) is 9.51. The van der Waals surface area contributed by atoms with Gasteiger partial charge in [-0.1, -0.05) is 0 Å². The lowest BCUT2D eigenvalue weighted by atomic mass is 9.88. The first kappa shape index (κ1) is 9.27. The van der Waals surface area contributed by atoms with Crippen LogP contribution in [0.25, 0.3) is 0 Å². The standard InChI is InChI=1S/C10H12INO/c11-8-5-7-6(4-10(8)13)2-1-3-9(7)12/h4-5,9,13H,1-3,12H2. The molecule has 2 rings (SSSR count). The fraction of sp³-hybridized carbons (Fsp3) is 0.400. The summed E-state index contributed by atoms with van der Waals surface area (Å²) < 4.78 is 0.897. The van der Waals surface area contributed by atoms with Gasteiger partial charge in [-0.05, 0) is 65.1 Å². The molecule has 0 amide bonds. The van der Waals surface area contributed by atoms with Gasteiger partial charge in [-0.2, -0.15) is 0 Å². The first-order valence-electron chi connectivity index (χ1n) is 4.45. The van der Waals surface area contributed by atoms with E-state index in [1.807, 2.05) is 12.1 Å². The zero-order chi connectivity index (χ0) is 9.42. The third kappa shape index (κ3) is 1.67. The van der Waals surface area contributed by atoms with Crippen LogP contribution in [-0.4, -0.2) is 5.11 Å². The predicted octanol–water partition coefficient (Wildman–Crippen LogP) is 2.33. The Morgan fingerprint density at radius 1 is 1.46 bits per heavy atom. The van der Waals surface area contributed by atoms with Crippen molar-refractivity contribution in [3.05, 3.63) is 26.8 Å². The molecule has 0 aliphatic heterocycles. The summed E-state index contributed by atoms with van der Waals surface area (Å²) >= 11 is 2.13. The van der Waals surface area contributed by atoms with Gasteiger partial charge in [0, 0.05) is 6.04 Å². The molecule has 70 valence electrons. The Morgan fingerprint density at radius 2 is 2.23 bits per heavy atom. The van der Waals surface area contributed by atoms with E-state index in [1.165, 1.54) is 11.1 Å². The van der Waals surface area contributed by atoms with Crippen LogP contribution in [0.4, 0.5) is 0 Å². The minimum atomic E-state index is 0.165. The fourth-order valence-electron chi connectivity index (χ4n) is 1.85. The van der Waals surface area contributed by atoms with Crippen LogP contribution in [0.2, 0.25) is 0 Å². The van der Waals surface area contributed by atoms with Gasteiger partial charge in [0.25, 0.3) is 0 Å². The van der Waals surface area contributed by atoms with Crippen molar-refractivity contribution in [3.8, 4) is 5.75 Å². The lowest BCUT2D eigenvalue weighted by Crippen LogP contribution is -2.17. The second-order valence-corrected chi connectivity index (χ2v) is 4.66. The largest absolute Gasteiger partial charge is 0.507 e. The van der Waals surface area contributed by atoms with Gasteiger partial charge in [-0.3, -0.25) is 0 Å². The molecule has 0 heterocycles. The minimum absolute atomic E-state index is 0.165. The normalized spacial score (nSPS) is 21.2. The zero-order valence-electron chi connectivity index (χ0n) is 7.26. The Labute approximate surface area is 91.3 Å². The highest BCUT2D eigenvalue weighted by Crippen LogP contribution is 2.33. The SMILES string of the molecule is NC1CCCc2cc(O)c(I)cc21. The van der Waals surface area contributed by atoms with Gasteiger partial charge in [0.2, 0.25) is 0 Å². The molecule has 0 aromatic heterocycles. The van der Waals surface area contributed by atoms with E-state index in [0.717, 1.165) is 22.8 Å². The number of nitrogens with two attached hydrogens (primary N) is 1. The third-order valence-electron chi connectivity index (χ3n) is 2.57. The molecule has 1 aliphatic rings. The summed E-state index contributed by atoms with van der Waals surface area (Å²) in [6.07, 6.45) is 3.25. The van der Waals surface area contributed by atoms with Crippen LogP contribution >= 0.6 is 22.6 Å². The summed E-state index contributed by atoms with van der Waals surface area (Å²) in [7, 11) is 0. The Morgan fingerprint density at radius 3 is 3.00 bits per heavy atom. The highest BCUT2D eigenvalue weighted by Gasteiger charge is 2.18. The molecule has 1 unspecified atom stereocenters. The molecule has 1 aromatic carbocycles. The van der Waals surface area contributed by atoms with Crippen molar-refractivity contribution >= 4 is 22.6 Å². The number of halogens is 1. The number of fused-ring (bicyclic) bond motifs is 1. The van der Waals surface area contributed by atoms with E-state index in [-0.39, 0.29) is 6.04 Å². The van der Waals surface area contributed by atoms with Crippen LogP contribution < -0.4 is 5.73 Å². The molecular weight excluding hydrogens is 277 g/mol. The minimum Gasteiger partial charge on any atom is -0.507 e. The molecule has 1 aromatic rings. The molecule has 0 saturated heterocycles. The second kappa shape index (κ2) is 3.46. The van der Waals surface area contributed by atoms with Crippen LogP contribution in [-0.2, 0) is 6.42 Å². The van der Waals surface area contributed by atoms with E-state index in [0.29, 0.717) is 5.75 Å². The summed E-state index contributed by atoms with van der Waals surface area (Å²) in [6.45, 7) is 0. The van der Waals surface area contributed by atoms with Gasteiger partial charge < -0.3 is 10.8 Å². The van der Waals surface area contributed by atoms with E-state index >= 15 is 0 Å². The van der Waals surface area contributed by atoms with E-state index in [9.17, 15) is 5.11 Å². The molecule has 2 nitrogen and oxygen atoms in total. The lowest BCUT2D eigenvalue weighted by Gasteiger charge is -2.22. The Kier molecular flexibility index (Phi) is 2.47. The van der Waals surface area contributed by atoms with Crippen LogP contribution in [0, 0.1) is 3.57 Å². The zero-order valence-corrected chi connectivity index (χ0v) is 9.41. The highest BCUT2D eigenvalue weighted by molar-refractivity contribution is 14.1. The molecule has 0 fully saturated rings. The van der Waals surface area contributed by atoms with Crippen molar-refractivity contribution in [1.82, 2.24) is 0 Å². The molecule has 3 heteroatoms. The first-order valence-corrected chi connectivity index (χ1v) is 5.53. The van der Waals surface area contributed by atoms with Gasteiger partial charge in [0.1, 0.15) is 5.75 Å². The van der Waals surface area contributed by atoms with Crippen molar-refractivity contribution < 1.29 is 5.11 Å². The number of aromatic hydroxyl groups is 1. The van der Waals surface area contributed by atoms with Crippen LogP contribution in [0.1, 0.15) is 30.0 Å². The van der Waals surface area contributed by atoms with Gasteiger partial charge in [-0.15, -0.1) is 0 Å². The summed E-state index contributed by atoms with van der Waals surface area (Å²) in [5.74, 6) is 0.383. The van der Waals surface area contributed by atoms with Crippen molar-refractivity contribution in [2.75, 3.05) is 0 Å². The van der Waals surface area contributed by atoms with E-state index in [4.69, 9.17) is 5.73 Å². The Bertz CT molecular complexity index is 338. The summed E-state index contributed by atoms with van der Waals surface area (Å²) in [5.41, 5.74) is 8.42. The number of rotatable bonds is 0. The first-order chi connectivity index (χ1) is 6.18. The van der Waals surface area contributed by atoms with Crippen LogP contribution in [0.5, 0.6) is 5.75 Å². The van der Waals surface area contributed by atoms with Crippen molar-refractivity contribution in [1.29, 1.82) is 0 Å². The summed E-state index contributed by atoms with van der Waals surface area (Å²) in [4.78, 5) is 0. The monoisotopic (exact) mass is 289 g/mol. The van der Waals surface area contributed by atoms with Crippen molar-refractivity contribution in [2.45, 2.75) is 25.3 Å². The predicted molar refractivity (Wildman–Crippen MR) is 60.7 cm³/mol. The number of benzene rings is 1. The molecule has 3 N–H and O–H groups in total. The maximum atomic E-state index is 9.51. The van der Waals surface area contributed by atoms with E-state index in [1.54, 1.807) is 0 Å². The maximum absolute atomic E-state index is 9.51. The second-order valence-electron chi connectivity index (χ2n) is 3.50. The van der Waals surface area contributed by atoms with Gasteiger partial charge in [0.15, 0.2) is 0 Å². The topological polar surface area (TPSA) is 46.2 Å². The molecule has 13 heavy (non-hydrogen) atoms. The average molecular weight is 289 g/mol. The molecule has 1 aliphatic carbocycles. The molecule has 0 spiro atoms. The number of hydrogen-bond donors (Lipinski definition) is 2. The van der Waals surface area contributed by atoms with Crippen molar-refractivity contribution in [2.24, 2.45) is 5.73 Å². The molecule has 0 radical (unpaired) electrons. The smallest absolute Gasteiger partial charge is 0.129 e. The average Bonchev–Trinajstić information content (AvgIpc) is 2.09. The number of hydrogen-bond acceptors (Lipinski definition) is 2. The maximum Gasteiger partial charge on any atom is 0.129 e. The van der Waals surface area contributed by atoms with E-state index in [2.05, 4.69) is 22.6 Å². The van der Waals surface area contributed by atoms with Gasteiger partial charge in [0.05, 0.1) is 3.57 Å². The van der Waals surface area contributed by atoms with Crippen LogP contribution in [0.15, 0.2) is 12.1 Å². The summed E-state index contributed by atoms with van der Waals surface area (Å²) in [6, 6.07) is 4.03. The molecule has 0 bridgehead atoms. The number of aryl methyl sites for hydroxylation is 1. The van der Waals surface area contributed by atoms with Crippen LogP contribution in [0.3, 0.4) is 0 Å². The van der Waals surface area contributed by atoms with Gasteiger partial charge >= 0.3 is 0 Å². The van der Waals surface area contributed by atoms with Crippen molar-refractivity contribution in [3.63, 3.8) is 0 Å². The van der Waals surface area contributed by atoms with Gasteiger partial charge in [-0.25, -0.2) is 0 Å². The number of phenolic OH excluding ortho intramolecular Hbond substituents is 1. The Hall–Kier alpha value is -0.290. The quantitative estimate of drug-likeness (QED) is 0.720.